The summed E-state index contributed by atoms with van der Waals surface area (Å²) in [6, 6.07) is 0. The van der Waals surface area contributed by atoms with Crippen LogP contribution in [0.15, 0.2) is 28.8 Å². The molecule has 0 saturated carbocycles. The molecule has 1 heterocycles. The molecular formula is C11H13N2OS2. The highest BCUT2D eigenvalue weighted by Gasteiger charge is 2.15. The molecule has 0 aromatic rings. The van der Waals surface area contributed by atoms with E-state index in [1.165, 1.54) is 11.5 Å². The Kier molecular flexibility index (Phi) is 4.12. The van der Waals surface area contributed by atoms with Crippen LogP contribution in [0, 0.1) is 0 Å². The molecule has 1 N–H and O–H groups in total. The van der Waals surface area contributed by atoms with Crippen LogP contribution in [0.4, 0.5) is 0 Å². The first-order valence-corrected chi connectivity index (χ1v) is 7.25. The largest absolute Gasteiger partial charge is 0.273 e. The monoisotopic (exact) mass is 253 g/mol. The van der Waals surface area contributed by atoms with Crippen molar-refractivity contribution in [1.29, 1.82) is 0 Å². The van der Waals surface area contributed by atoms with E-state index >= 15 is 0 Å². The van der Waals surface area contributed by atoms with Gasteiger partial charge in [-0.15, -0.1) is 23.5 Å². The molecule has 1 aliphatic heterocycles. The van der Waals surface area contributed by atoms with Crippen LogP contribution >= 0.6 is 23.5 Å². The van der Waals surface area contributed by atoms with E-state index in [2.05, 4.69) is 4.99 Å². The van der Waals surface area contributed by atoms with Gasteiger partial charge in [0.05, 0.1) is 6.42 Å². The number of allylic oxidation sites excluding steroid dienone is 3. The summed E-state index contributed by atoms with van der Waals surface area (Å²) in [6.45, 7) is 0. The summed E-state index contributed by atoms with van der Waals surface area (Å²) in [5.74, 6) is 1.84. The average molecular weight is 253 g/mol. The fraction of sp³-hybridized carbons (Fsp3) is 0.455. The quantitative estimate of drug-likeness (QED) is 0.775. The average Bonchev–Trinajstić information content (AvgIpc) is 2.73. The lowest BCUT2D eigenvalue weighted by Crippen LogP contribution is -2.04. The van der Waals surface area contributed by atoms with Gasteiger partial charge < -0.3 is 0 Å². The summed E-state index contributed by atoms with van der Waals surface area (Å²) < 4.78 is 0.354. The number of nitrogens with zero attached hydrogens (tertiary/aromatic N) is 1. The Morgan fingerprint density at radius 1 is 1.44 bits per heavy atom. The maximum atomic E-state index is 10.6. The van der Waals surface area contributed by atoms with Crippen molar-refractivity contribution in [2.75, 3.05) is 11.5 Å². The third-order valence-electron chi connectivity index (χ3n) is 2.30. The molecule has 1 radical (unpaired) electrons. The molecule has 1 amide bonds. The Bertz CT molecular complexity index is 368. The van der Waals surface area contributed by atoms with E-state index in [9.17, 15) is 4.79 Å². The van der Waals surface area contributed by atoms with Crippen molar-refractivity contribution in [2.45, 2.75) is 17.5 Å². The molecule has 0 bridgehead atoms. The van der Waals surface area contributed by atoms with Crippen LogP contribution < -0.4 is 5.73 Å². The van der Waals surface area contributed by atoms with Gasteiger partial charge in [0.25, 0.3) is 0 Å². The van der Waals surface area contributed by atoms with Crippen LogP contribution in [0.25, 0.3) is 0 Å². The number of amides is 1. The van der Waals surface area contributed by atoms with Gasteiger partial charge in [-0.1, -0.05) is 12.2 Å². The van der Waals surface area contributed by atoms with Crippen LogP contribution in [0.1, 0.15) is 12.8 Å². The first kappa shape index (κ1) is 11.8. The lowest BCUT2D eigenvalue weighted by molar-refractivity contribution is -0.117. The SMILES string of the molecule is [NH]C(=O)CC1=CCC(=NC2SCCS2)C=C1. The molecule has 5 heteroatoms. The minimum Gasteiger partial charge on any atom is -0.273 e. The van der Waals surface area contributed by atoms with E-state index in [0.717, 1.165) is 17.7 Å². The molecule has 0 spiro atoms. The third-order valence-corrected chi connectivity index (χ3v) is 5.04. The van der Waals surface area contributed by atoms with Crippen LogP contribution in [0.5, 0.6) is 0 Å². The zero-order valence-corrected chi connectivity index (χ0v) is 10.4. The van der Waals surface area contributed by atoms with Crippen molar-refractivity contribution in [2.24, 2.45) is 4.99 Å². The van der Waals surface area contributed by atoms with Crippen molar-refractivity contribution < 1.29 is 4.79 Å². The summed E-state index contributed by atoms with van der Waals surface area (Å²) in [5, 5.41) is 0. The smallest absolute Gasteiger partial charge is 0.242 e. The van der Waals surface area contributed by atoms with Crippen LogP contribution in [0.3, 0.4) is 0 Å². The Morgan fingerprint density at radius 3 is 2.75 bits per heavy atom. The highest BCUT2D eigenvalue weighted by atomic mass is 32.2. The number of thioether (sulfide) groups is 2. The van der Waals surface area contributed by atoms with E-state index in [-0.39, 0.29) is 6.42 Å². The Labute approximate surface area is 104 Å². The standard InChI is InChI=1S/C11H13N2OS2/c12-10(14)7-8-1-3-9(4-2-8)13-11-15-5-6-16-11/h1-3,11-12H,4-7H2. The summed E-state index contributed by atoms with van der Waals surface area (Å²) in [7, 11) is 0. The summed E-state index contributed by atoms with van der Waals surface area (Å²) in [6.07, 6.45) is 6.87. The highest BCUT2D eigenvalue weighted by Crippen LogP contribution is 2.33. The number of nitrogens with one attached hydrogen (secondary N) is 1. The maximum Gasteiger partial charge on any atom is 0.242 e. The molecule has 2 rings (SSSR count). The van der Waals surface area contributed by atoms with Gasteiger partial charge in [-0.3, -0.25) is 15.5 Å². The second kappa shape index (κ2) is 5.59. The summed E-state index contributed by atoms with van der Waals surface area (Å²) in [4.78, 5) is 15.3. The maximum absolute atomic E-state index is 10.6. The van der Waals surface area contributed by atoms with Gasteiger partial charge in [0.1, 0.15) is 4.71 Å². The predicted octanol–water partition coefficient (Wildman–Crippen LogP) is 2.28. The Hall–Kier alpha value is -0.680. The zero-order chi connectivity index (χ0) is 11.4. The number of hydrogen-bond donors (Lipinski definition) is 0. The molecule has 1 saturated heterocycles. The van der Waals surface area contributed by atoms with Gasteiger partial charge >= 0.3 is 0 Å². The highest BCUT2D eigenvalue weighted by molar-refractivity contribution is 8.20. The molecule has 0 atom stereocenters. The van der Waals surface area contributed by atoms with E-state index in [1.807, 2.05) is 41.8 Å². The van der Waals surface area contributed by atoms with Crippen molar-refractivity contribution in [3.63, 3.8) is 0 Å². The van der Waals surface area contributed by atoms with Crippen molar-refractivity contribution in [3.8, 4) is 0 Å². The summed E-state index contributed by atoms with van der Waals surface area (Å²) in [5.41, 5.74) is 8.91. The fourth-order valence-electron chi connectivity index (χ4n) is 1.54. The number of carbonyl (C=O) groups is 1. The molecule has 0 unspecified atom stereocenters. The third kappa shape index (κ3) is 3.42. The first-order chi connectivity index (χ1) is 7.74. The van der Waals surface area contributed by atoms with Gasteiger partial charge in [-0.05, 0) is 11.6 Å². The van der Waals surface area contributed by atoms with Crippen LogP contribution in [0.2, 0.25) is 0 Å². The molecular weight excluding hydrogens is 240 g/mol. The Balaban J connectivity index is 1.91. The fourth-order valence-corrected chi connectivity index (χ4v) is 4.10. The molecule has 3 nitrogen and oxygen atoms in total. The minimum atomic E-state index is -0.529. The predicted molar refractivity (Wildman–Crippen MR) is 70.7 cm³/mol. The number of hydrogen-bond acceptors (Lipinski definition) is 4. The molecule has 1 fully saturated rings. The molecule has 16 heavy (non-hydrogen) atoms. The van der Waals surface area contributed by atoms with Gasteiger partial charge in [-0.25, -0.2) is 0 Å². The van der Waals surface area contributed by atoms with E-state index in [0.29, 0.717) is 4.71 Å². The van der Waals surface area contributed by atoms with Gasteiger partial charge in [-0.2, -0.15) is 0 Å². The minimum absolute atomic E-state index is 0.219. The molecule has 85 valence electrons. The zero-order valence-electron chi connectivity index (χ0n) is 8.81. The van der Waals surface area contributed by atoms with Gasteiger partial charge in [0.15, 0.2) is 0 Å². The topological polar surface area (TPSA) is 53.2 Å². The lowest BCUT2D eigenvalue weighted by Gasteiger charge is -2.09. The Morgan fingerprint density at radius 2 is 2.19 bits per heavy atom. The molecule has 0 aromatic heterocycles. The van der Waals surface area contributed by atoms with Gasteiger partial charge in [0, 0.05) is 23.6 Å². The molecule has 0 aromatic carbocycles. The number of rotatable bonds is 3. The van der Waals surface area contributed by atoms with Crippen LogP contribution in [-0.2, 0) is 4.79 Å². The van der Waals surface area contributed by atoms with Gasteiger partial charge in [0.2, 0.25) is 5.91 Å². The second-order valence-corrected chi connectivity index (χ2v) is 6.26. The normalized spacial score (nSPS) is 23.8. The molecule has 2 aliphatic rings. The van der Waals surface area contributed by atoms with Crippen molar-refractivity contribution in [1.82, 2.24) is 5.73 Å². The van der Waals surface area contributed by atoms with E-state index in [4.69, 9.17) is 5.73 Å². The first-order valence-electron chi connectivity index (χ1n) is 5.15. The second-order valence-electron chi connectivity index (χ2n) is 3.59. The van der Waals surface area contributed by atoms with Crippen molar-refractivity contribution in [3.05, 3.63) is 23.8 Å². The number of aliphatic imine (C=N–C) groups is 1. The van der Waals surface area contributed by atoms with Crippen LogP contribution in [-0.4, -0.2) is 27.8 Å². The number of carbonyl (C=O) groups excluding carboxylic acids is 1. The van der Waals surface area contributed by atoms with E-state index in [1.54, 1.807) is 0 Å². The van der Waals surface area contributed by atoms with E-state index < -0.39 is 5.91 Å². The lowest BCUT2D eigenvalue weighted by atomic mass is 10.0. The summed E-state index contributed by atoms with van der Waals surface area (Å²) >= 11 is 3.77. The molecule has 1 aliphatic carbocycles. The van der Waals surface area contributed by atoms with Crippen molar-refractivity contribution >= 4 is 35.1 Å².